The molecule has 0 aliphatic carbocycles. The van der Waals surface area contributed by atoms with E-state index in [-0.39, 0.29) is 32.1 Å². The first-order valence-corrected chi connectivity index (χ1v) is 12.4. The molecule has 0 saturated carbocycles. The number of ether oxygens (including phenoxy) is 3. The Hall–Kier alpha value is -4.45. The van der Waals surface area contributed by atoms with Gasteiger partial charge in [0.15, 0.2) is 0 Å². The van der Waals surface area contributed by atoms with E-state index in [2.05, 4.69) is 25.7 Å². The van der Waals surface area contributed by atoms with Gasteiger partial charge in [0, 0.05) is 13.0 Å². The predicted octanol–water partition coefficient (Wildman–Crippen LogP) is 2.75. The van der Waals surface area contributed by atoms with E-state index in [0.29, 0.717) is 25.7 Å². The molecule has 2 aromatic carbocycles. The molecule has 39 heavy (non-hydrogen) atoms. The number of aliphatic hydroxyl groups excluding tert-OH is 1. The quantitative estimate of drug-likeness (QED) is 0.0749. The highest BCUT2D eigenvalue weighted by Crippen LogP contribution is 2.05. The molecule has 12 nitrogen and oxygen atoms in total. The fourth-order valence-corrected chi connectivity index (χ4v) is 3.16. The van der Waals surface area contributed by atoms with E-state index in [0.717, 1.165) is 18.2 Å². The van der Waals surface area contributed by atoms with Gasteiger partial charge < -0.3 is 24.6 Å². The molecule has 0 fully saturated rings. The predicted molar refractivity (Wildman–Crippen MR) is 141 cm³/mol. The maximum atomic E-state index is 12.3. The first kappa shape index (κ1) is 30.8. The molecule has 12 heteroatoms. The van der Waals surface area contributed by atoms with Crippen molar-refractivity contribution in [3.8, 4) is 0 Å². The molecule has 2 aromatic rings. The van der Waals surface area contributed by atoms with E-state index >= 15 is 0 Å². The van der Waals surface area contributed by atoms with Crippen LogP contribution in [0.2, 0.25) is 0 Å². The molecule has 210 valence electrons. The average Bonchev–Trinajstić information content (AvgIpc) is 2.95. The van der Waals surface area contributed by atoms with Crippen LogP contribution < -0.4 is 16.0 Å². The number of methoxy groups -OCH3 is 1. The second kappa shape index (κ2) is 17.9. The van der Waals surface area contributed by atoms with Gasteiger partial charge in [0.2, 0.25) is 18.1 Å². The van der Waals surface area contributed by atoms with Crippen molar-refractivity contribution in [2.24, 2.45) is 4.99 Å². The summed E-state index contributed by atoms with van der Waals surface area (Å²) in [6.07, 6.45) is -0.600. The van der Waals surface area contributed by atoms with Gasteiger partial charge in [-0.15, -0.1) is 0 Å². The molecule has 0 radical (unpaired) electrons. The lowest BCUT2D eigenvalue weighted by molar-refractivity contribution is -0.154. The number of aliphatic hydroxyl groups is 1. The minimum atomic E-state index is -1.69. The maximum Gasteiger partial charge on any atom is 0.414 e. The highest BCUT2D eigenvalue weighted by atomic mass is 16.6. The Morgan fingerprint density at radius 2 is 1.31 bits per heavy atom. The Kier molecular flexibility index (Phi) is 14.1. The number of aliphatic imine (C=N–C) groups is 1. The van der Waals surface area contributed by atoms with Crippen LogP contribution in [0.3, 0.4) is 0 Å². The number of nitrogens with one attached hydrogen (secondary N) is 3. The van der Waals surface area contributed by atoms with Gasteiger partial charge in [0.1, 0.15) is 13.2 Å². The molecule has 4 N–H and O–H groups in total. The average molecular weight is 543 g/mol. The molecule has 0 spiro atoms. The second-order valence-electron chi connectivity index (χ2n) is 8.26. The lowest BCUT2D eigenvalue weighted by Crippen LogP contribution is -2.44. The number of alkyl carbamates (subject to hydrolysis) is 2. The third kappa shape index (κ3) is 13.6. The summed E-state index contributed by atoms with van der Waals surface area (Å²) in [5.41, 5.74) is 1.60. The largest absolute Gasteiger partial charge is 0.466 e. The van der Waals surface area contributed by atoms with Gasteiger partial charge in [-0.2, -0.15) is 0 Å². The number of carbonyl (C=O) groups excluding carboxylic acids is 4. The summed E-state index contributed by atoms with van der Waals surface area (Å²) in [4.78, 5) is 51.6. The molecule has 0 saturated heterocycles. The lowest BCUT2D eigenvalue weighted by Gasteiger charge is -2.12. The van der Waals surface area contributed by atoms with Gasteiger partial charge in [-0.25, -0.2) is 14.4 Å². The molecular weight excluding hydrogens is 508 g/mol. The van der Waals surface area contributed by atoms with E-state index < -0.39 is 30.3 Å². The molecule has 0 bridgehead atoms. The van der Waals surface area contributed by atoms with Gasteiger partial charge in [-0.1, -0.05) is 73.5 Å². The van der Waals surface area contributed by atoms with Crippen LogP contribution >= 0.6 is 0 Å². The lowest BCUT2D eigenvalue weighted by atomic mass is 10.1. The van der Waals surface area contributed by atoms with Crippen molar-refractivity contribution in [3.05, 3.63) is 71.8 Å². The van der Waals surface area contributed by atoms with Crippen LogP contribution in [0.25, 0.3) is 0 Å². The Labute approximate surface area is 226 Å². The van der Waals surface area contributed by atoms with Crippen LogP contribution in [-0.4, -0.2) is 55.0 Å². The van der Waals surface area contributed by atoms with Gasteiger partial charge in [-0.05, 0) is 24.0 Å². The van der Waals surface area contributed by atoms with Crippen LogP contribution in [0.5, 0.6) is 0 Å². The zero-order valence-corrected chi connectivity index (χ0v) is 21.8. The van der Waals surface area contributed by atoms with E-state index in [1.807, 2.05) is 60.7 Å². The highest BCUT2D eigenvalue weighted by molar-refractivity contribution is 6.01. The smallest absolute Gasteiger partial charge is 0.414 e. The number of amides is 3. The zero-order valence-electron chi connectivity index (χ0n) is 21.8. The number of guanidine groups is 1. The summed E-state index contributed by atoms with van der Waals surface area (Å²) in [6, 6.07) is 18.3. The highest BCUT2D eigenvalue weighted by Gasteiger charge is 2.17. The summed E-state index contributed by atoms with van der Waals surface area (Å²) < 4.78 is 14.7. The van der Waals surface area contributed by atoms with Crippen molar-refractivity contribution in [1.29, 1.82) is 0 Å². The van der Waals surface area contributed by atoms with Crippen molar-refractivity contribution in [1.82, 2.24) is 16.0 Å². The summed E-state index contributed by atoms with van der Waals surface area (Å²) in [7, 11) is 1.11. The van der Waals surface area contributed by atoms with Crippen LogP contribution in [0.15, 0.2) is 65.7 Å². The molecule has 0 heterocycles. The first-order valence-electron chi connectivity index (χ1n) is 12.4. The number of benzene rings is 2. The molecule has 0 aliphatic heterocycles. The van der Waals surface area contributed by atoms with Crippen LogP contribution in [0.1, 0.15) is 43.2 Å². The molecule has 2 rings (SSSR count). The van der Waals surface area contributed by atoms with E-state index in [1.165, 1.54) is 0 Å². The summed E-state index contributed by atoms with van der Waals surface area (Å²) in [6.45, 7) is 0.367. The minimum absolute atomic E-state index is 0.0443. The maximum absolute atomic E-state index is 12.3. The standard InChI is InChI=1S/C27H34N4O8/c1-37-24(34)23(33)29-22(32)16-10-2-3-11-17-28-25(30-26(35)38-18-20-12-6-4-7-13-20)31-27(36)39-19-21-14-8-5-9-15-21/h4-9,12-15,23,33H,2-3,10-11,16-19H2,1H3,(H,29,32)(H2,28,30,31,35,36). The number of rotatable bonds is 13. The third-order valence-corrected chi connectivity index (χ3v) is 5.17. The molecule has 3 amide bonds. The SMILES string of the molecule is COC(=O)C(O)NC(=O)CCCCCCN=C(NC(=O)OCc1ccccc1)NC(=O)OCc1ccccc1. The normalized spacial score (nSPS) is 10.9. The monoisotopic (exact) mass is 542 g/mol. The topological polar surface area (TPSA) is 165 Å². The van der Waals surface area contributed by atoms with E-state index in [4.69, 9.17) is 9.47 Å². The Morgan fingerprint density at radius 1 is 0.795 bits per heavy atom. The summed E-state index contributed by atoms with van der Waals surface area (Å²) >= 11 is 0. The minimum Gasteiger partial charge on any atom is -0.466 e. The van der Waals surface area contributed by atoms with Crippen molar-refractivity contribution < 1.29 is 38.5 Å². The van der Waals surface area contributed by atoms with E-state index in [9.17, 15) is 24.3 Å². The van der Waals surface area contributed by atoms with Crippen LogP contribution in [0, 0.1) is 0 Å². The van der Waals surface area contributed by atoms with Gasteiger partial charge in [0.05, 0.1) is 7.11 Å². The number of esters is 1. The number of carbonyl (C=O) groups is 4. The summed E-state index contributed by atoms with van der Waals surface area (Å²) in [5.74, 6) is -1.51. The van der Waals surface area contributed by atoms with Gasteiger partial charge in [-0.3, -0.25) is 20.4 Å². The Bertz CT molecular complexity index is 1020. The molecule has 1 atom stereocenters. The van der Waals surface area contributed by atoms with Gasteiger partial charge >= 0.3 is 18.2 Å². The second-order valence-corrected chi connectivity index (χ2v) is 8.26. The van der Waals surface area contributed by atoms with Crippen LogP contribution in [-0.2, 0) is 37.0 Å². The van der Waals surface area contributed by atoms with Crippen LogP contribution in [0.4, 0.5) is 9.59 Å². The van der Waals surface area contributed by atoms with Crippen molar-refractivity contribution in [2.75, 3.05) is 13.7 Å². The van der Waals surface area contributed by atoms with Crippen molar-refractivity contribution in [3.63, 3.8) is 0 Å². The summed E-state index contributed by atoms with van der Waals surface area (Å²) in [5, 5.41) is 16.4. The molecule has 0 aliphatic rings. The Balaban J connectivity index is 1.78. The fraction of sp³-hybridized carbons (Fsp3) is 0.370. The third-order valence-electron chi connectivity index (χ3n) is 5.17. The van der Waals surface area contributed by atoms with E-state index in [1.54, 1.807) is 0 Å². The number of hydrogen-bond acceptors (Lipinski definition) is 9. The molecule has 0 aromatic heterocycles. The Morgan fingerprint density at radius 3 is 1.82 bits per heavy atom. The molecule has 1 unspecified atom stereocenters. The number of nitrogens with zero attached hydrogens (tertiary/aromatic N) is 1. The fourth-order valence-electron chi connectivity index (χ4n) is 3.16. The molecular formula is C27H34N4O8. The number of hydrogen-bond donors (Lipinski definition) is 4. The van der Waals surface area contributed by atoms with Crippen molar-refractivity contribution >= 4 is 30.0 Å². The first-order chi connectivity index (χ1) is 18.9. The van der Waals surface area contributed by atoms with Gasteiger partial charge in [0.25, 0.3) is 0 Å². The number of unbranched alkanes of at least 4 members (excludes halogenated alkanes) is 3. The van der Waals surface area contributed by atoms with Crippen molar-refractivity contribution in [2.45, 2.75) is 51.5 Å². The zero-order chi connectivity index (χ0) is 28.3.